The van der Waals surface area contributed by atoms with Crippen molar-refractivity contribution in [3.63, 3.8) is 0 Å². The summed E-state index contributed by atoms with van der Waals surface area (Å²) < 4.78 is 0. The number of piperidine rings is 1. The molecular formula is C13H29Cl2N3O. The third-order valence-electron chi connectivity index (χ3n) is 3.77. The lowest BCUT2D eigenvalue weighted by atomic mass is 9.99. The Kier molecular flexibility index (Phi) is 13.2. The van der Waals surface area contributed by atoms with Crippen LogP contribution in [0.15, 0.2) is 0 Å². The first-order valence-corrected chi connectivity index (χ1v) is 6.83. The van der Waals surface area contributed by atoms with Gasteiger partial charge in [0.1, 0.15) is 0 Å². The van der Waals surface area contributed by atoms with E-state index in [2.05, 4.69) is 36.4 Å². The second-order valence-electron chi connectivity index (χ2n) is 5.07. The number of carbonyl (C=O) groups excluding carboxylic acids is 1. The predicted molar refractivity (Wildman–Crippen MR) is 85.5 cm³/mol. The summed E-state index contributed by atoms with van der Waals surface area (Å²) in [5, 5.41) is 6.31. The van der Waals surface area contributed by atoms with E-state index >= 15 is 0 Å². The molecule has 1 fully saturated rings. The maximum absolute atomic E-state index is 11.8. The summed E-state index contributed by atoms with van der Waals surface area (Å²) in [6.45, 7) is 7.99. The van der Waals surface area contributed by atoms with E-state index in [4.69, 9.17) is 0 Å². The van der Waals surface area contributed by atoms with Crippen molar-refractivity contribution in [1.29, 1.82) is 0 Å². The van der Waals surface area contributed by atoms with Gasteiger partial charge in [-0.2, -0.15) is 0 Å². The maximum atomic E-state index is 11.8. The van der Waals surface area contributed by atoms with Crippen LogP contribution >= 0.6 is 24.8 Å². The van der Waals surface area contributed by atoms with E-state index in [0.29, 0.717) is 6.04 Å². The number of likely N-dealkylation sites (N-methyl/N-ethyl adjacent to an activating group) is 1. The summed E-state index contributed by atoms with van der Waals surface area (Å²) in [6.07, 6.45) is 3.29. The van der Waals surface area contributed by atoms with E-state index in [1.165, 1.54) is 0 Å². The highest BCUT2D eigenvalue weighted by Crippen LogP contribution is 2.09. The molecule has 1 rings (SSSR count). The highest BCUT2D eigenvalue weighted by molar-refractivity contribution is 5.85. The topological polar surface area (TPSA) is 44.4 Å². The van der Waals surface area contributed by atoms with Crippen molar-refractivity contribution in [1.82, 2.24) is 15.5 Å². The SMILES string of the molecule is CCC(C)N(C)CCNC(=O)C1CCCNC1.Cl.Cl. The van der Waals surface area contributed by atoms with Crippen molar-refractivity contribution in [2.45, 2.75) is 39.2 Å². The monoisotopic (exact) mass is 313 g/mol. The van der Waals surface area contributed by atoms with Crippen LogP contribution in [0.4, 0.5) is 0 Å². The smallest absolute Gasteiger partial charge is 0.224 e. The summed E-state index contributed by atoms with van der Waals surface area (Å²) in [7, 11) is 2.11. The molecular weight excluding hydrogens is 285 g/mol. The second-order valence-corrected chi connectivity index (χ2v) is 5.07. The Bertz CT molecular complexity index is 236. The normalized spacial score (nSPS) is 20.1. The van der Waals surface area contributed by atoms with Gasteiger partial charge in [0.25, 0.3) is 0 Å². The minimum absolute atomic E-state index is 0. The average Bonchev–Trinajstić information content (AvgIpc) is 2.38. The van der Waals surface area contributed by atoms with Crippen molar-refractivity contribution >= 4 is 30.7 Å². The molecule has 116 valence electrons. The average molecular weight is 314 g/mol. The molecule has 2 atom stereocenters. The summed E-state index contributed by atoms with van der Waals surface area (Å²) in [5.74, 6) is 0.396. The fourth-order valence-corrected chi connectivity index (χ4v) is 2.11. The van der Waals surface area contributed by atoms with Crippen molar-refractivity contribution in [2.75, 3.05) is 33.2 Å². The van der Waals surface area contributed by atoms with Crippen LogP contribution in [0, 0.1) is 5.92 Å². The largest absolute Gasteiger partial charge is 0.355 e. The molecule has 19 heavy (non-hydrogen) atoms. The number of nitrogens with zero attached hydrogens (tertiary/aromatic N) is 1. The van der Waals surface area contributed by atoms with E-state index in [-0.39, 0.29) is 36.6 Å². The number of hydrogen-bond donors (Lipinski definition) is 2. The zero-order valence-corrected chi connectivity index (χ0v) is 13.9. The van der Waals surface area contributed by atoms with Gasteiger partial charge >= 0.3 is 0 Å². The first kappa shape index (κ1) is 21.3. The second kappa shape index (κ2) is 11.8. The highest BCUT2D eigenvalue weighted by Gasteiger charge is 2.20. The molecule has 0 bridgehead atoms. The summed E-state index contributed by atoms with van der Waals surface area (Å²) in [4.78, 5) is 14.1. The van der Waals surface area contributed by atoms with E-state index in [1.54, 1.807) is 0 Å². The van der Waals surface area contributed by atoms with E-state index in [1.807, 2.05) is 0 Å². The summed E-state index contributed by atoms with van der Waals surface area (Å²) in [6, 6.07) is 0.586. The number of carbonyl (C=O) groups is 1. The molecule has 1 heterocycles. The first-order valence-electron chi connectivity index (χ1n) is 6.83. The van der Waals surface area contributed by atoms with Crippen LogP contribution in [0.1, 0.15) is 33.1 Å². The van der Waals surface area contributed by atoms with Crippen molar-refractivity contribution in [3.05, 3.63) is 0 Å². The van der Waals surface area contributed by atoms with Crippen molar-refractivity contribution in [2.24, 2.45) is 5.92 Å². The van der Waals surface area contributed by atoms with E-state index < -0.39 is 0 Å². The molecule has 2 N–H and O–H groups in total. The molecule has 0 radical (unpaired) electrons. The fraction of sp³-hybridized carbons (Fsp3) is 0.923. The third kappa shape index (κ3) is 7.98. The van der Waals surface area contributed by atoms with E-state index in [0.717, 1.165) is 45.4 Å². The van der Waals surface area contributed by atoms with Gasteiger partial charge in [-0.05, 0) is 39.8 Å². The third-order valence-corrected chi connectivity index (χ3v) is 3.77. The molecule has 0 saturated carbocycles. The Morgan fingerprint density at radius 3 is 2.68 bits per heavy atom. The first-order chi connectivity index (χ1) is 8.15. The molecule has 0 aromatic rings. The van der Waals surface area contributed by atoms with Crippen LogP contribution in [-0.2, 0) is 4.79 Å². The Hall–Kier alpha value is -0.0300. The summed E-state index contributed by atoms with van der Waals surface area (Å²) >= 11 is 0. The van der Waals surface area contributed by atoms with Gasteiger partial charge in [0, 0.05) is 25.7 Å². The maximum Gasteiger partial charge on any atom is 0.224 e. The number of nitrogens with one attached hydrogen (secondary N) is 2. The van der Waals surface area contributed by atoms with Crippen LogP contribution < -0.4 is 10.6 Å². The fourth-order valence-electron chi connectivity index (χ4n) is 2.11. The predicted octanol–water partition coefficient (Wildman–Crippen LogP) is 1.68. The van der Waals surface area contributed by atoms with Gasteiger partial charge in [0.15, 0.2) is 0 Å². The van der Waals surface area contributed by atoms with Gasteiger partial charge in [0.2, 0.25) is 5.91 Å². The van der Waals surface area contributed by atoms with Crippen molar-refractivity contribution < 1.29 is 4.79 Å². The van der Waals surface area contributed by atoms with Gasteiger partial charge in [-0.1, -0.05) is 6.92 Å². The standard InChI is InChI=1S/C13H27N3O.2ClH/c1-4-11(2)16(3)9-8-15-13(17)12-6-5-7-14-10-12;;/h11-12,14H,4-10H2,1-3H3,(H,15,17);2*1H. The zero-order valence-electron chi connectivity index (χ0n) is 12.3. The van der Waals surface area contributed by atoms with Crippen molar-refractivity contribution in [3.8, 4) is 0 Å². The highest BCUT2D eigenvalue weighted by atomic mass is 35.5. The van der Waals surface area contributed by atoms with Gasteiger partial charge in [0.05, 0.1) is 5.92 Å². The van der Waals surface area contributed by atoms with Crippen LogP contribution in [0.3, 0.4) is 0 Å². The molecule has 1 aliphatic rings. The van der Waals surface area contributed by atoms with Gasteiger partial charge in [-0.15, -0.1) is 24.8 Å². The van der Waals surface area contributed by atoms with Gasteiger partial charge < -0.3 is 15.5 Å². The Morgan fingerprint density at radius 2 is 2.16 bits per heavy atom. The lowest BCUT2D eigenvalue weighted by molar-refractivity contribution is -0.125. The Balaban J connectivity index is 0. The molecule has 0 spiro atoms. The number of amides is 1. The van der Waals surface area contributed by atoms with Gasteiger partial charge in [-0.25, -0.2) is 0 Å². The number of hydrogen-bond acceptors (Lipinski definition) is 3. The minimum atomic E-state index is 0. The lowest BCUT2D eigenvalue weighted by Gasteiger charge is -2.25. The number of rotatable bonds is 6. The zero-order chi connectivity index (χ0) is 12.7. The molecule has 0 aromatic heterocycles. The molecule has 4 nitrogen and oxygen atoms in total. The van der Waals surface area contributed by atoms with Crippen LogP contribution in [-0.4, -0.2) is 50.1 Å². The minimum Gasteiger partial charge on any atom is -0.355 e. The molecule has 0 aliphatic carbocycles. The molecule has 1 aliphatic heterocycles. The van der Waals surface area contributed by atoms with E-state index in [9.17, 15) is 4.79 Å². The van der Waals surface area contributed by atoms with Crippen LogP contribution in [0.5, 0.6) is 0 Å². The Labute approximate surface area is 129 Å². The van der Waals surface area contributed by atoms with Crippen LogP contribution in [0.2, 0.25) is 0 Å². The summed E-state index contributed by atoms with van der Waals surface area (Å²) in [5.41, 5.74) is 0. The molecule has 0 aromatic carbocycles. The van der Waals surface area contributed by atoms with Crippen LogP contribution in [0.25, 0.3) is 0 Å². The molecule has 2 unspecified atom stereocenters. The molecule has 6 heteroatoms. The number of halogens is 2. The Morgan fingerprint density at radius 1 is 1.47 bits per heavy atom. The lowest BCUT2D eigenvalue weighted by Crippen LogP contribution is -2.43. The quantitative estimate of drug-likeness (QED) is 0.784. The molecule has 1 amide bonds. The van der Waals surface area contributed by atoms with Gasteiger partial charge in [-0.3, -0.25) is 4.79 Å². The molecule has 1 saturated heterocycles.